The van der Waals surface area contributed by atoms with E-state index in [1.54, 1.807) is 6.08 Å². The minimum absolute atomic E-state index is 0.386. The summed E-state index contributed by atoms with van der Waals surface area (Å²) in [6, 6.07) is 17.3. The van der Waals surface area contributed by atoms with Crippen LogP contribution in [0.2, 0.25) is 5.02 Å². The summed E-state index contributed by atoms with van der Waals surface area (Å²) in [6.45, 7) is 6.35. The zero-order chi connectivity index (χ0) is 20.1. The molecule has 0 spiro atoms. The molecule has 3 aromatic rings. The van der Waals surface area contributed by atoms with Crippen LogP contribution in [0.15, 0.2) is 61.2 Å². The molecular weight excluding hydrogens is 372 g/mol. The first-order valence-corrected chi connectivity index (χ1v) is 9.73. The van der Waals surface area contributed by atoms with Crippen molar-refractivity contribution in [1.82, 2.24) is 0 Å². The molecular formula is C24H23ClO3. The van der Waals surface area contributed by atoms with E-state index >= 15 is 0 Å². The van der Waals surface area contributed by atoms with E-state index in [4.69, 9.17) is 16.3 Å². The van der Waals surface area contributed by atoms with Crippen molar-refractivity contribution < 1.29 is 14.6 Å². The van der Waals surface area contributed by atoms with Crippen molar-refractivity contribution in [2.24, 2.45) is 0 Å². The number of ether oxygens (including phenoxy) is 1. The summed E-state index contributed by atoms with van der Waals surface area (Å²) in [5, 5.41) is 12.6. The lowest BCUT2D eigenvalue weighted by molar-refractivity contribution is -0.151. The molecule has 0 aromatic heterocycles. The van der Waals surface area contributed by atoms with Gasteiger partial charge in [0, 0.05) is 17.2 Å². The molecule has 0 heterocycles. The quantitative estimate of drug-likeness (QED) is 0.430. The van der Waals surface area contributed by atoms with Gasteiger partial charge in [0.2, 0.25) is 0 Å². The Balaban J connectivity index is 2.32. The van der Waals surface area contributed by atoms with Crippen LogP contribution in [-0.2, 0) is 9.53 Å². The molecule has 144 valence electrons. The average molecular weight is 395 g/mol. The maximum absolute atomic E-state index is 12.2. The predicted octanol–water partition coefficient (Wildman–Crippen LogP) is 6.75. The Bertz CT molecular complexity index is 993. The van der Waals surface area contributed by atoms with Crippen LogP contribution in [0.25, 0.3) is 28.0 Å². The molecule has 0 bridgehead atoms. The Kier molecular flexibility index (Phi) is 6.50. The molecule has 0 fully saturated rings. The molecule has 1 atom stereocenters. The highest BCUT2D eigenvalue weighted by Crippen LogP contribution is 2.40. The van der Waals surface area contributed by atoms with Crippen molar-refractivity contribution in [1.29, 1.82) is 0 Å². The second-order valence-electron chi connectivity index (χ2n) is 6.63. The molecule has 0 aliphatic carbocycles. The Hall–Kier alpha value is -2.62. The summed E-state index contributed by atoms with van der Waals surface area (Å²) < 4.78 is 5.83. The number of benzene rings is 3. The van der Waals surface area contributed by atoms with Crippen LogP contribution in [0.3, 0.4) is 0 Å². The molecule has 0 saturated heterocycles. The minimum atomic E-state index is -1.07. The highest BCUT2D eigenvalue weighted by molar-refractivity contribution is 6.30. The second-order valence-corrected chi connectivity index (χ2v) is 7.07. The lowest BCUT2D eigenvalue weighted by Gasteiger charge is -2.22. The standard InChI is InChI=1S/C24H23ClO3/c1-3-5-14-28-23(24(26)27)22-16(4-2)15-18-8-6-7-9-20(18)21(22)17-10-12-19(25)13-11-17/h4,6-13,15,23H,2-3,5,14H2,1H3,(H,26,27). The number of rotatable bonds is 8. The van der Waals surface area contributed by atoms with Crippen LogP contribution < -0.4 is 0 Å². The van der Waals surface area contributed by atoms with Crippen molar-refractivity contribution >= 4 is 34.4 Å². The third-order valence-electron chi connectivity index (χ3n) is 4.74. The first-order chi connectivity index (χ1) is 13.6. The second kappa shape index (κ2) is 9.05. The van der Waals surface area contributed by atoms with E-state index < -0.39 is 12.1 Å². The zero-order valence-corrected chi connectivity index (χ0v) is 16.6. The van der Waals surface area contributed by atoms with E-state index in [9.17, 15) is 9.90 Å². The number of hydrogen-bond acceptors (Lipinski definition) is 2. The van der Waals surface area contributed by atoms with Crippen LogP contribution in [0, 0.1) is 0 Å². The van der Waals surface area contributed by atoms with Crippen molar-refractivity contribution in [3.63, 3.8) is 0 Å². The fourth-order valence-corrected chi connectivity index (χ4v) is 3.51. The minimum Gasteiger partial charge on any atom is -0.479 e. The Morgan fingerprint density at radius 3 is 2.57 bits per heavy atom. The Morgan fingerprint density at radius 1 is 1.21 bits per heavy atom. The molecule has 0 amide bonds. The number of halogens is 1. The topological polar surface area (TPSA) is 46.5 Å². The van der Waals surface area contributed by atoms with E-state index in [0.29, 0.717) is 17.2 Å². The van der Waals surface area contributed by atoms with Gasteiger partial charge in [-0.25, -0.2) is 4.79 Å². The van der Waals surface area contributed by atoms with Crippen LogP contribution >= 0.6 is 11.6 Å². The van der Waals surface area contributed by atoms with Gasteiger partial charge in [-0.05, 0) is 52.1 Å². The number of hydrogen-bond donors (Lipinski definition) is 1. The predicted molar refractivity (Wildman–Crippen MR) is 116 cm³/mol. The SMILES string of the molecule is C=Cc1cc2ccccc2c(-c2ccc(Cl)cc2)c1C(OCCCC)C(=O)O. The van der Waals surface area contributed by atoms with E-state index in [2.05, 4.69) is 6.58 Å². The molecule has 3 rings (SSSR count). The Labute approximate surface area is 170 Å². The molecule has 3 aromatic carbocycles. The largest absolute Gasteiger partial charge is 0.479 e. The van der Waals surface area contributed by atoms with E-state index in [-0.39, 0.29) is 0 Å². The van der Waals surface area contributed by atoms with Gasteiger partial charge in [0.25, 0.3) is 0 Å². The normalized spacial score (nSPS) is 12.1. The van der Waals surface area contributed by atoms with Gasteiger partial charge in [-0.15, -0.1) is 0 Å². The van der Waals surface area contributed by atoms with Gasteiger partial charge in [0.15, 0.2) is 6.10 Å². The molecule has 4 heteroatoms. The molecule has 0 aliphatic rings. The van der Waals surface area contributed by atoms with Gasteiger partial charge in [0.05, 0.1) is 0 Å². The fraction of sp³-hybridized carbons (Fsp3) is 0.208. The van der Waals surface area contributed by atoms with E-state index in [1.165, 1.54) is 0 Å². The summed E-state index contributed by atoms with van der Waals surface area (Å²) in [5.41, 5.74) is 3.12. The molecule has 1 unspecified atom stereocenters. The average Bonchev–Trinajstić information content (AvgIpc) is 2.70. The summed E-state index contributed by atoms with van der Waals surface area (Å²) in [4.78, 5) is 12.2. The zero-order valence-electron chi connectivity index (χ0n) is 15.8. The summed E-state index contributed by atoms with van der Waals surface area (Å²) in [5.74, 6) is -1.01. The third kappa shape index (κ3) is 4.11. The number of carboxylic acid groups (broad SMARTS) is 1. The van der Waals surface area contributed by atoms with E-state index in [1.807, 2.05) is 61.5 Å². The lowest BCUT2D eigenvalue weighted by Crippen LogP contribution is -2.18. The van der Waals surface area contributed by atoms with Crippen molar-refractivity contribution in [3.8, 4) is 11.1 Å². The third-order valence-corrected chi connectivity index (χ3v) is 5.00. The molecule has 1 N–H and O–H groups in total. The van der Waals surface area contributed by atoms with Gasteiger partial charge in [-0.2, -0.15) is 0 Å². The maximum atomic E-state index is 12.2. The summed E-state index contributed by atoms with van der Waals surface area (Å²) in [6.07, 6.45) is 2.36. The van der Waals surface area contributed by atoms with Crippen molar-refractivity contribution in [2.45, 2.75) is 25.9 Å². The summed E-state index contributed by atoms with van der Waals surface area (Å²) in [7, 11) is 0. The van der Waals surface area contributed by atoms with Crippen molar-refractivity contribution in [2.75, 3.05) is 6.61 Å². The number of carboxylic acids is 1. The van der Waals surface area contributed by atoms with Gasteiger partial charge in [0.1, 0.15) is 0 Å². The van der Waals surface area contributed by atoms with Gasteiger partial charge < -0.3 is 9.84 Å². The number of fused-ring (bicyclic) bond motifs is 1. The highest BCUT2D eigenvalue weighted by Gasteiger charge is 2.28. The number of carbonyl (C=O) groups is 1. The van der Waals surface area contributed by atoms with E-state index in [0.717, 1.165) is 40.3 Å². The molecule has 0 radical (unpaired) electrons. The first-order valence-electron chi connectivity index (χ1n) is 9.35. The smallest absolute Gasteiger partial charge is 0.337 e. The van der Waals surface area contributed by atoms with Crippen LogP contribution in [0.5, 0.6) is 0 Å². The maximum Gasteiger partial charge on any atom is 0.337 e. The lowest BCUT2D eigenvalue weighted by atomic mass is 9.87. The van der Waals surface area contributed by atoms with Gasteiger partial charge >= 0.3 is 5.97 Å². The van der Waals surface area contributed by atoms with Gasteiger partial charge in [-0.1, -0.05) is 74.0 Å². The van der Waals surface area contributed by atoms with Crippen LogP contribution in [-0.4, -0.2) is 17.7 Å². The first kappa shape index (κ1) is 20.1. The highest BCUT2D eigenvalue weighted by atomic mass is 35.5. The van der Waals surface area contributed by atoms with Crippen LogP contribution in [0.1, 0.15) is 37.0 Å². The number of aliphatic carboxylic acids is 1. The molecule has 0 saturated carbocycles. The Morgan fingerprint density at radius 2 is 1.93 bits per heavy atom. The number of unbranched alkanes of at least 4 members (excludes halogenated alkanes) is 1. The fourth-order valence-electron chi connectivity index (χ4n) is 3.39. The molecule has 0 aliphatic heterocycles. The molecule has 3 nitrogen and oxygen atoms in total. The van der Waals surface area contributed by atoms with Crippen LogP contribution in [0.4, 0.5) is 0 Å². The summed E-state index contributed by atoms with van der Waals surface area (Å²) >= 11 is 6.08. The monoisotopic (exact) mass is 394 g/mol. The molecule has 28 heavy (non-hydrogen) atoms. The van der Waals surface area contributed by atoms with Gasteiger partial charge in [-0.3, -0.25) is 0 Å². The van der Waals surface area contributed by atoms with Crippen molar-refractivity contribution in [3.05, 3.63) is 77.3 Å².